The van der Waals surface area contributed by atoms with Gasteiger partial charge in [0.1, 0.15) is 23.4 Å². The molecule has 7 rings (SSSR count). The summed E-state index contributed by atoms with van der Waals surface area (Å²) >= 11 is 11.6. The van der Waals surface area contributed by atoms with Gasteiger partial charge < -0.3 is 14.1 Å². The average Bonchev–Trinajstić information content (AvgIpc) is 3.98. The van der Waals surface area contributed by atoms with E-state index in [4.69, 9.17) is 32.4 Å². The highest BCUT2D eigenvalue weighted by Crippen LogP contribution is 2.42. The zero-order chi connectivity index (χ0) is 32.6. The van der Waals surface area contributed by atoms with E-state index in [1.807, 2.05) is 59.5 Å². The van der Waals surface area contributed by atoms with Crippen LogP contribution in [-0.4, -0.2) is 56.3 Å². The SMILES string of the molecule is Cc1nnc(C)o1.Clc1ccccc1.O=C1COCC(c2ccc(Cl)cc2)N1C(CN(c1ccccc1F)S(=O)C1CC1)C1CC1. The third-order valence-corrected chi connectivity index (χ3v) is 10.1. The fraction of sp³-hybridized carbons (Fsp3) is 0.382. The molecule has 8 nitrogen and oxygen atoms in total. The summed E-state index contributed by atoms with van der Waals surface area (Å²) < 4.78 is 40.2. The maximum absolute atomic E-state index is 14.8. The van der Waals surface area contributed by atoms with Gasteiger partial charge in [0.2, 0.25) is 17.7 Å². The molecule has 3 fully saturated rings. The molecule has 0 bridgehead atoms. The number of rotatable bonds is 8. The standard InChI is InChI=1S/C24H26ClFN2O3S.C6H5Cl.C4H6N2O/c25-18-9-7-17(8-10-18)23-14-31-15-24(29)28(23)22(16-5-6-16)13-27(32(30)19-11-12-19)21-4-2-1-3-20(21)26;7-6-4-2-1-3-5-6;1-3-5-6-4(2)7-3/h1-4,7-10,16,19,22-23H,5-6,11-15H2;1-5H;1-2H3. The quantitative estimate of drug-likeness (QED) is 0.191. The maximum Gasteiger partial charge on any atom is 0.249 e. The molecule has 3 atom stereocenters. The number of hydrogen-bond acceptors (Lipinski definition) is 6. The van der Waals surface area contributed by atoms with Crippen molar-refractivity contribution in [2.45, 2.75) is 56.9 Å². The van der Waals surface area contributed by atoms with Crippen LogP contribution in [0.15, 0.2) is 83.3 Å². The Balaban J connectivity index is 0.000000244. The van der Waals surface area contributed by atoms with Crippen molar-refractivity contribution in [3.63, 3.8) is 0 Å². The van der Waals surface area contributed by atoms with Crippen LogP contribution >= 0.6 is 23.2 Å². The maximum atomic E-state index is 14.8. The van der Waals surface area contributed by atoms with Gasteiger partial charge in [0.05, 0.1) is 36.2 Å². The summed E-state index contributed by atoms with van der Waals surface area (Å²) in [6.07, 6.45) is 3.78. The molecular formula is C34H37Cl2FN4O4S. The topological polar surface area (TPSA) is 88.8 Å². The van der Waals surface area contributed by atoms with Gasteiger partial charge in [-0.15, -0.1) is 10.2 Å². The van der Waals surface area contributed by atoms with Crippen LogP contribution in [0.3, 0.4) is 0 Å². The lowest BCUT2D eigenvalue weighted by molar-refractivity contribution is -0.152. The van der Waals surface area contributed by atoms with Crippen LogP contribution in [0.2, 0.25) is 10.0 Å². The first-order valence-electron chi connectivity index (χ1n) is 15.3. The molecule has 0 N–H and O–H groups in total. The number of hydrogen-bond donors (Lipinski definition) is 0. The molecular weight excluding hydrogens is 650 g/mol. The first kappa shape index (κ1) is 34.0. The lowest BCUT2D eigenvalue weighted by Gasteiger charge is -2.43. The highest BCUT2D eigenvalue weighted by Gasteiger charge is 2.45. The molecule has 3 aromatic carbocycles. The number of nitrogens with zero attached hydrogens (tertiary/aromatic N) is 4. The van der Waals surface area contributed by atoms with E-state index in [-0.39, 0.29) is 29.8 Å². The normalized spacial score (nSPS) is 18.8. The predicted molar refractivity (Wildman–Crippen MR) is 179 cm³/mol. The predicted octanol–water partition coefficient (Wildman–Crippen LogP) is 7.52. The van der Waals surface area contributed by atoms with E-state index in [0.717, 1.165) is 36.3 Å². The van der Waals surface area contributed by atoms with Gasteiger partial charge in [0.15, 0.2) is 0 Å². The fourth-order valence-electron chi connectivity index (χ4n) is 5.24. The van der Waals surface area contributed by atoms with Crippen LogP contribution in [0.4, 0.5) is 10.1 Å². The lowest BCUT2D eigenvalue weighted by atomic mass is 10.00. The van der Waals surface area contributed by atoms with E-state index in [2.05, 4.69) is 10.2 Å². The molecule has 1 saturated heterocycles. The van der Waals surface area contributed by atoms with Crippen LogP contribution < -0.4 is 4.31 Å². The minimum atomic E-state index is -1.34. The minimum Gasteiger partial charge on any atom is -0.426 e. The van der Waals surface area contributed by atoms with Gasteiger partial charge in [-0.3, -0.25) is 9.10 Å². The Bertz CT molecular complexity index is 1590. The molecule has 2 heterocycles. The van der Waals surface area contributed by atoms with E-state index in [1.165, 1.54) is 6.07 Å². The van der Waals surface area contributed by atoms with Gasteiger partial charge in [0, 0.05) is 23.9 Å². The number of halogens is 3. The van der Waals surface area contributed by atoms with Crippen molar-refractivity contribution in [1.29, 1.82) is 0 Å². The summed E-state index contributed by atoms with van der Waals surface area (Å²) in [6.45, 7) is 4.28. The molecule has 12 heteroatoms. The molecule has 2 aliphatic carbocycles. The largest absolute Gasteiger partial charge is 0.426 e. The summed E-state index contributed by atoms with van der Waals surface area (Å²) in [5.74, 6) is 1.07. The third-order valence-electron chi connectivity index (χ3n) is 7.76. The van der Waals surface area contributed by atoms with Gasteiger partial charge in [-0.1, -0.05) is 65.7 Å². The zero-order valence-electron chi connectivity index (χ0n) is 25.7. The van der Waals surface area contributed by atoms with E-state index in [0.29, 0.717) is 41.6 Å². The number of benzene rings is 3. The number of aromatic nitrogens is 2. The Kier molecular flexibility index (Phi) is 11.8. The molecule has 3 aliphatic rings. The van der Waals surface area contributed by atoms with Crippen molar-refractivity contribution in [2.24, 2.45) is 5.92 Å². The van der Waals surface area contributed by atoms with E-state index >= 15 is 0 Å². The van der Waals surface area contributed by atoms with Crippen LogP contribution in [-0.2, 0) is 20.5 Å². The molecule has 0 radical (unpaired) electrons. The number of carbonyl (C=O) groups excluding carboxylic acids is 1. The van der Waals surface area contributed by atoms with Crippen LogP contribution in [0.1, 0.15) is 49.1 Å². The number of anilines is 1. The molecule has 2 saturated carbocycles. The van der Waals surface area contributed by atoms with Crippen molar-refractivity contribution in [1.82, 2.24) is 15.1 Å². The second kappa shape index (κ2) is 16.0. The monoisotopic (exact) mass is 686 g/mol. The summed E-state index contributed by atoms with van der Waals surface area (Å²) in [6, 6.07) is 23.0. The van der Waals surface area contributed by atoms with Crippen molar-refractivity contribution in [3.05, 3.63) is 112 Å². The zero-order valence-corrected chi connectivity index (χ0v) is 28.1. The number of ether oxygens (including phenoxy) is 1. The second-order valence-corrected chi connectivity index (χ2v) is 13.9. The fourth-order valence-corrected chi connectivity index (χ4v) is 7.05. The highest BCUT2D eigenvalue weighted by molar-refractivity contribution is 7.87. The van der Waals surface area contributed by atoms with E-state index in [1.54, 1.807) is 36.4 Å². The summed E-state index contributed by atoms with van der Waals surface area (Å²) in [4.78, 5) is 15.0. The van der Waals surface area contributed by atoms with Gasteiger partial charge in [-0.2, -0.15) is 0 Å². The highest BCUT2D eigenvalue weighted by atomic mass is 35.5. The first-order valence-corrected chi connectivity index (χ1v) is 17.2. The molecule has 3 unspecified atom stereocenters. The summed E-state index contributed by atoms with van der Waals surface area (Å²) in [5, 5.41) is 8.68. The van der Waals surface area contributed by atoms with Gasteiger partial charge in [0.25, 0.3) is 0 Å². The van der Waals surface area contributed by atoms with Crippen molar-refractivity contribution < 1.29 is 22.5 Å². The molecule has 0 spiro atoms. The number of morpholine rings is 1. The number of carbonyl (C=O) groups is 1. The van der Waals surface area contributed by atoms with Crippen molar-refractivity contribution >= 4 is 45.8 Å². The first-order chi connectivity index (χ1) is 22.2. The van der Waals surface area contributed by atoms with Gasteiger partial charge >= 0.3 is 0 Å². The summed E-state index contributed by atoms with van der Waals surface area (Å²) in [7, 11) is -1.34. The van der Waals surface area contributed by atoms with Crippen LogP contribution in [0.5, 0.6) is 0 Å². The Morgan fingerprint density at radius 3 is 2.04 bits per heavy atom. The van der Waals surface area contributed by atoms with Crippen LogP contribution in [0, 0.1) is 25.6 Å². The molecule has 4 aromatic rings. The van der Waals surface area contributed by atoms with Crippen molar-refractivity contribution in [2.75, 3.05) is 24.1 Å². The average molecular weight is 688 g/mol. The smallest absolute Gasteiger partial charge is 0.249 e. The van der Waals surface area contributed by atoms with Crippen molar-refractivity contribution in [3.8, 4) is 0 Å². The Hall–Kier alpha value is -3.31. The van der Waals surface area contributed by atoms with E-state index in [9.17, 15) is 13.4 Å². The molecule has 46 heavy (non-hydrogen) atoms. The number of aryl methyl sites for hydroxylation is 2. The summed E-state index contributed by atoms with van der Waals surface area (Å²) in [5.41, 5.74) is 1.29. The minimum absolute atomic E-state index is 0.0265. The van der Waals surface area contributed by atoms with Gasteiger partial charge in [-0.25, -0.2) is 8.60 Å². The third kappa shape index (κ3) is 9.37. The molecule has 1 aliphatic heterocycles. The molecule has 1 amide bonds. The lowest BCUT2D eigenvalue weighted by Crippen LogP contribution is -2.54. The Labute approximate surface area is 281 Å². The van der Waals surface area contributed by atoms with E-state index < -0.39 is 16.8 Å². The second-order valence-electron chi connectivity index (χ2n) is 11.4. The van der Waals surface area contributed by atoms with Crippen LogP contribution in [0.25, 0.3) is 0 Å². The van der Waals surface area contributed by atoms with Gasteiger partial charge in [-0.05, 0) is 73.6 Å². The Morgan fingerprint density at radius 2 is 1.52 bits per heavy atom. The Morgan fingerprint density at radius 1 is 0.913 bits per heavy atom. The molecule has 244 valence electrons. The number of para-hydroxylation sites is 1. The molecule has 1 aromatic heterocycles. The number of amides is 1.